The third-order valence-electron chi connectivity index (χ3n) is 3.24. The number of hydrogen-bond acceptors (Lipinski definition) is 3. The Morgan fingerprint density at radius 1 is 1.10 bits per heavy atom. The molecule has 2 N–H and O–H groups in total. The van der Waals surface area contributed by atoms with Gasteiger partial charge >= 0.3 is 12.0 Å². The average Bonchev–Trinajstić information content (AvgIpc) is 2.33. The zero-order valence-electron chi connectivity index (χ0n) is 13.3. The van der Waals surface area contributed by atoms with Gasteiger partial charge in [-0.2, -0.15) is 0 Å². The van der Waals surface area contributed by atoms with Crippen molar-refractivity contribution in [2.45, 2.75) is 53.1 Å². The molecule has 0 heterocycles. The van der Waals surface area contributed by atoms with E-state index in [0.717, 1.165) is 6.54 Å². The molecule has 20 heavy (non-hydrogen) atoms. The number of carboxylic acids is 1. The maximum atomic E-state index is 11.9. The van der Waals surface area contributed by atoms with Crippen molar-refractivity contribution in [2.75, 3.05) is 26.2 Å². The van der Waals surface area contributed by atoms with E-state index in [1.807, 2.05) is 6.92 Å². The van der Waals surface area contributed by atoms with E-state index in [-0.39, 0.29) is 19.0 Å². The molecule has 2 amide bonds. The van der Waals surface area contributed by atoms with Crippen LogP contribution in [0.15, 0.2) is 0 Å². The lowest BCUT2D eigenvalue weighted by Gasteiger charge is -2.31. The predicted molar refractivity (Wildman–Crippen MR) is 79.9 cm³/mol. The summed E-state index contributed by atoms with van der Waals surface area (Å²) in [5, 5.41) is 11.5. The average molecular weight is 287 g/mol. The molecule has 0 aliphatic rings. The van der Waals surface area contributed by atoms with Crippen LogP contribution in [0.5, 0.6) is 0 Å². The summed E-state index contributed by atoms with van der Waals surface area (Å²) < 4.78 is 0. The summed E-state index contributed by atoms with van der Waals surface area (Å²) in [7, 11) is 0. The zero-order valence-corrected chi connectivity index (χ0v) is 13.3. The van der Waals surface area contributed by atoms with Crippen LogP contribution < -0.4 is 5.32 Å². The van der Waals surface area contributed by atoms with Crippen LogP contribution in [-0.4, -0.2) is 65.2 Å². The fourth-order valence-electron chi connectivity index (χ4n) is 2.15. The zero-order chi connectivity index (χ0) is 15.7. The molecule has 0 saturated carbocycles. The fourth-order valence-corrected chi connectivity index (χ4v) is 2.15. The largest absolute Gasteiger partial charge is 0.481 e. The molecule has 0 bridgehead atoms. The SMILES string of the molecule is CCN(CCC(=O)O)C(=O)NCCN(C(C)C)C(C)C. The van der Waals surface area contributed by atoms with Crippen molar-refractivity contribution in [3.05, 3.63) is 0 Å². The number of amides is 2. The summed E-state index contributed by atoms with van der Waals surface area (Å²) in [6.45, 7) is 12.5. The molecule has 0 aliphatic heterocycles. The van der Waals surface area contributed by atoms with E-state index >= 15 is 0 Å². The minimum Gasteiger partial charge on any atom is -0.481 e. The maximum Gasteiger partial charge on any atom is 0.317 e. The minimum absolute atomic E-state index is 0.0224. The van der Waals surface area contributed by atoms with Crippen molar-refractivity contribution in [1.29, 1.82) is 0 Å². The lowest BCUT2D eigenvalue weighted by Crippen LogP contribution is -2.46. The first-order valence-electron chi connectivity index (χ1n) is 7.29. The standard InChI is InChI=1S/C14H29N3O3/c1-6-16(9-7-13(18)19)14(20)15-8-10-17(11(2)3)12(4)5/h11-12H,6-10H2,1-5H3,(H,15,20)(H,18,19). The number of rotatable bonds is 9. The molecule has 0 atom stereocenters. The smallest absolute Gasteiger partial charge is 0.317 e. The van der Waals surface area contributed by atoms with E-state index < -0.39 is 5.97 Å². The highest BCUT2D eigenvalue weighted by Crippen LogP contribution is 2.03. The molecule has 0 saturated heterocycles. The third kappa shape index (κ3) is 7.33. The van der Waals surface area contributed by atoms with E-state index in [9.17, 15) is 9.59 Å². The van der Waals surface area contributed by atoms with Crippen LogP contribution in [0.25, 0.3) is 0 Å². The number of aliphatic carboxylic acids is 1. The van der Waals surface area contributed by atoms with Gasteiger partial charge in [0.25, 0.3) is 0 Å². The molecule has 6 nitrogen and oxygen atoms in total. The first kappa shape index (κ1) is 18.7. The van der Waals surface area contributed by atoms with Gasteiger partial charge in [0.05, 0.1) is 6.42 Å². The monoisotopic (exact) mass is 287 g/mol. The van der Waals surface area contributed by atoms with E-state index in [1.165, 1.54) is 4.90 Å². The number of carbonyl (C=O) groups is 2. The van der Waals surface area contributed by atoms with Gasteiger partial charge in [0.15, 0.2) is 0 Å². The highest BCUT2D eigenvalue weighted by atomic mass is 16.4. The van der Waals surface area contributed by atoms with E-state index in [4.69, 9.17) is 5.11 Å². The van der Waals surface area contributed by atoms with Crippen molar-refractivity contribution in [3.8, 4) is 0 Å². The molecule has 0 spiro atoms. The van der Waals surface area contributed by atoms with Gasteiger partial charge < -0.3 is 15.3 Å². The van der Waals surface area contributed by atoms with Crippen molar-refractivity contribution >= 4 is 12.0 Å². The molecule has 0 unspecified atom stereocenters. The summed E-state index contributed by atoms with van der Waals surface area (Å²) >= 11 is 0. The molecule has 0 aliphatic carbocycles. The first-order valence-corrected chi connectivity index (χ1v) is 7.29. The molecule has 118 valence electrons. The van der Waals surface area contributed by atoms with Gasteiger partial charge in [-0.25, -0.2) is 4.79 Å². The summed E-state index contributed by atoms with van der Waals surface area (Å²) in [5.41, 5.74) is 0. The number of carbonyl (C=O) groups excluding carboxylic acids is 1. The van der Waals surface area contributed by atoms with Crippen molar-refractivity contribution in [2.24, 2.45) is 0 Å². The van der Waals surface area contributed by atoms with Crippen molar-refractivity contribution in [3.63, 3.8) is 0 Å². The molecule has 0 radical (unpaired) electrons. The lowest BCUT2D eigenvalue weighted by atomic mass is 10.2. The molecular formula is C14H29N3O3. The molecule has 0 aromatic carbocycles. The Labute approximate surface area is 122 Å². The second-order valence-corrected chi connectivity index (χ2v) is 5.38. The van der Waals surface area contributed by atoms with E-state index in [2.05, 4.69) is 37.9 Å². The molecule has 0 fully saturated rings. The lowest BCUT2D eigenvalue weighted by molar-refractivity contribution is -0.137. The van der Waals surface area contributed by atoms with Crippen LogP contribution in [0.3, 0.4) is 0 Å². The maximum absolute atomic E-state index is 11.9. The quantitative estimate of drug-likeness (QED) is 0.676. The Morgan fingerprint density at radius 2 is 1.65 bits per heavy atom. The van der Waals surface area contributed by atoms with E-state index in [0.29, 0.717) is 25.2 Å². The molecule has 0 aromatic rings. The van der Waals surface area contributed by atoms with Gasteiger partial charge in [0.1, 0.15) is 0 Å². The van der Waals surface area contributed by atoms with Gasteiger partial charge in [-0.3, -0.25) is 9.69 Å². The summed E-state index contributed by atoms with van der Waals surface area (Å²) in [6.07, 6.45) is -0.0224. The number of hydrogen-bond donors (Lipinski definition) is 2. The number of nitrogens with one attached hydrogen (secondary N) is 1. The van der Waals surface area contributed by atoms with Crippen LogP contribution >= 0.6 is 0 Å². The predicted octanol–water partition coefficient (Wildman–Crippen LogP) is 1.61. The highest BCUT2D eigenvalue weighted by Gasteiger charge is 2.15. The second-order valence-electron chi connectivity index (χ2n) is 5.38. The number of carboxylic acid groups (broad SMARTS) is 1. The van der Waals surface area contributed by atoms with Crippen LogP contribution in [-0.2, 0) is 4.79 Å². The van der Waals surface area contributed by atoms with Crippen LogP contribution in [0.1, 0.15) is 41.0 Å². The second kappa shape index (κ2) is 9.58. The van der Waals surface area contributed by atoms with Gasteiger partial charge in [0, 0.05) is 38.3 Å². The normalized spacial score (nSPS) is 11.2. The molecule has 0 aromatic heterocycles. The highest BCUT2D eigenvalue weighted by molar-refractivity contribution is 5.75. The number of nitrogens with zero attached hydrogens (tertiary/aromatic N) is 2. The summed E-state index contributed by atoms with van der Waals surface area (Å²) in [6, 6.07) is 0.670. The topological polar surface area (TPSA) is 72.9 Å². The Balaban J connectivity index is 4.15. The van der Waals surface area contributed by atoms with Gasteiger partial charge in [0.2, 0.25) is 0 Å². The molecule has 6 heteroatoms. The Kier molecular flexibility index (Phi) is 8.96. The fraction of sp³-hybridized carbons (Fsp3) is 0.857. The van der Waals surface area contributed by atoms with Crippen LogP contribution in [0.4, 0.5) is 4.79 Å². The van der Waals surface area contributed by atoms with Gasteiger partial charge in [-0.05, 0) is 34.6 Å². The van der Waals surface area contributed by atoms with Crippen molar-refractivity contribution < 1.29 is 14.7 Å². The van der Waals surface area contributed by atoms with Gasteiger partial charge in [-0.15, -0.1) is 0 Å². The Bertz CT molecular complexity index is 298. The summed E-state index contributed by atoms with van der Waals surface area (Å²) in [5.74, 6) is -0.887. The molecule has 0 rings (SSSR count). The van der Waals surface area contributed by atoms with Crippen LogP contribution in [0.2, 0.25) is 0 Å². The first-order chi connectivity index (χ1) is 9.29. The number of urea groups is 1. The van der Waals surface area contributed by atoms with Crippen LogP contribution in [0, 0.1) is 0 Å². The molecular weight excluding hydrogens is 258 g/mol. The Morgan fingerprint density at radius 3 is 2.05 bits per heavy atom. The van der Waals surface area contributed by atoms with Crippen molar-refractivity contribution in [1.82, 2.24) is 15.1 Å². The minimum atomic E-state index is -0.887. The summed E-state index contributed by atoms with van der Waals surface area (Å²) in [4.78, 5) is 26.3. The third-order valence-corrected chi connectivity index (χ3v) is 3.24. The Hall–Kier alpha value is -1.30. The van der Waals surface area contributed by atoms with E-state index in [1.54, 1.807) is 0 Å². The van der Waals surface area contributed by atoms with Gasteiger partial charge in [-0.1, -0.05) is 0 Å².